The number of aromatic nitrogens is 3. The maximum absolute atomic E-state index is 12.9. The standard InChI is InChI=1S/C15H18N4O2/c1-18-11-5-10(6-12(18)9-21-8-11)14(20)13-7-17-19-4-2-3-16-15(13)19/h2-4,7,10-12H,5-6,8-9H2,1H3. The molecule has 0 radical (unpaired) electrons. The Morgan fingerprint density at radius 2 is 2.10 bits per heavy atom. The van der Waals surface area contributed by atoms with Gasteiger partial charge in [-0.05, 0) is 26.0 Å². The number of carbonyl (C=O) groups is 1. The van der Waals surface area contributed by atoms with E-state index >= 15 is 0 Å². The molecule has 6 nitrogen and oxygen atoms in total. The number of hydrogen-bond acceptors (Lipinski definition) is 5. The van der Waals surface area contributed by atoms with Crippen LogP contribution in [-0.2, 0) is 4.74 Å². The van der Waals surface area contributed by atoms with E-state index in [4.69, 9.17) is 4.74 Å². The molecule has 2 saturated heterocycles. The minimum atomic E-state index is 0.0510. The van der Waals surface area contributed by atoms with Gasteiger partial charge in [0.2, 0.25) is 0 Å². The van der Waals surface area contributed by atoms with Crippen molar-refractivity contribution in [3.63, 3.8) is 0 Å². The molecule has 2 aromatic rings. The van der Waals surface area contributed by atoms with Crippen molar-refractivity contribution in [2.75, 3.05) is 20.3 Å². The van der Waals surface area contributed by atoms with E-state index in [1.165, 1.54) is 0 Å². The number of carbonyl (C=O) groups excluding carboxylic acids is 1. The van der Waals surface area contributed by atoms with Gasteiger partial charge in [0.1, 0.15) is 0 Å². The topological polar surface area (TPSA) is 59.7 Å². The van der Waals surface area contributed by atoms with Crippen molar-refractivity contribution in [3.05, 3.63) is 30.2 Å². The van der Waals surface area contributed by atoms with Gasteiger partial charge in [0, 0.05) is 30.4 Å². The van der Waals surface area contributed by atoms with Gasteiger partial charge in [-0.15, -0.1) is 0 Å². The number of nitrogens with zero attached hydrogens (tertiary/aromatic N) is 4. The molecule has 110 valence electrons. The molecule has 4 rings (SSSR count). The number of rotatable bonds is 2. The Morgan fingerprint density at radius 3 is 2.86 bits per heavy atom. The van der Waals surface area contributed by atoms with E-state index < -0.39 is 0 Å². The third kappa shape index (κ3) is 2.06. The van der Waals surface area contributed by atoms with Crippen molar-refractivity contribution >= 4 is 11.4 Å². The number of ether oxygens (including phenoxy) is 1. The van der Waals surface area contributed by atoms with E-state index in [1.54, 1.807) is 16.9 Å². The number of hydrogen-bond donors (Lipinski definition) is 0. The highest BCUT2D eigenvalue weighted by atomic mass is 16.5. The summed E-state index contributed by atoms with van der Waals surface area (Å²) < 4.78 is 7.27. The van der Waals surface area contributed by atoms with Crippen LogP contribution >= 0.6 is 0 Å². The van der Waals surface area contributed by atoms with Crippen LogP contribution in [0.15, 0.2) is 24.7 Å². The van der Waals surface area contributed by atoms with Gasteiger partial charge in [0.15, 0.2) is 11.4 Å². The van der Waals surface area contributed by atoms with Crippen molar-refractivity contribution in [2.45, 2.75) is 24.9 Å². The zero-order valence-electron chi connectivity index (χ0n) is 12.0. The molecule has 2 aliphatic heterocycles. The number of ketones is 1. The quantitative estimate of drug-likeness (QED) is 0.771. The van der Waals surface area contributed by atoms with Crippen LogP contribution in [0.25, 0.3) is 5.65 Å². The highest BCUT2D eigenvalue weighted by molar-refractivity contribution is 6.02. The lowest BCUT2D eigenvalue weighted by molar-refractivity contribution is -0.0702. The summed E-state index contributed by atoms with van der Waals surface area (Å²) in [5.74, 6) is 0.226. The predicted molar refractivity (Wildman–Crippen MR) is 76.2 cm³/mol. The lowest BCUT2D eigenvalue weighted by atomic mass is 9.81. The number of piperidine rings is 1. The van der Waals surface area contributed by atoms with E-state index in [0.717, 1.165) is 26.1 Å². The van der Waals surface area contributed by atoms with Gasteiger partial charge < -0.3 is 4.74 Å². The van der Waals surface area contributed by atoms with E-state index in [2.05, 4.69) is 22.0 Å². The second-order valence-electron chi connectivity index (χ2n) is 5.99. The number of Topliss-reactive ketones (excluding diaryl/α,β-unsaturated/α-hetero) is 1. The molecule has 6 heteroatoms. The lowest BCUT2D eigenvalue weighted by Gasteiger charge is -2.46. The largest absolute Gasteiger partial charge is 0.378 e. The molecule has 0 N–H and O–H groups in total. The van der Waals surface area contributed by atoms with Gasteiger partial charge in [-0.3, -0.25) is 9.69 Å². The highest BCUT2D eigenvalue weighted by Crippen LogP contribution is 2.32. The van der Waals surface area contributed by atoms with Crippen LogP contribution in [0.2, 0.25) is 0 Å². The van der Waals surface area contributed by atoms with Gasteiger partial charge in [-0.25, -0.2) is 9.50 Å². The molecular formula is C15H18N4O2. The molecule has 4 heterocycles. The molecule has 2 bridgehead atoms. The maximum atomic E-state index is 12.9. The summed E-state index contributed by atoms with van der Waals surface area (Å²) in [6, 6.07) is 2.51. The molecule has 21 heavy (non-hydrogen) atoms. The third-order valence-electron chi connectivity index (χ3n) is 4.80. The van der Waals surface area contributed by atoms with Crippen LogP contribution < -0.4 is 0 Å². The minimum absolute atomic E-state index is 0.0510. The van der Waals surface area contributed by atoms with Crippen LogP contribution in [0.3, 0.4) is 0 Å². The first-order valence-electron chi connectivity index (χ1n) is 7.36. The normalized spacial score (nSPS) is 29.7. The van der Waals surface area contributed by atoms with Gasteiger partial charge >= 0.3 is 0 Å². The van der Waals surface area contributed by atoms with Crippen LogP contribution in [0.5, 0.6) is 0 Å². The van der Waals surface area contributed by atoms with E-state index in [-0.39, 0.29) is 11.7 Å². The average Bonchev–Trinajstić information content (AvgIpc) is 2.90. The van der Waals surface area contributed by atoms with Gasteiger partial charge in [0.05, 0.1) is 25.0 Å². The fourth-order valence-corrected chi connectivity index (χ4v) is 3.53. The van der Waals surface area contributed by atoms with Crippen molar-refractivity contribution in [3.8, 4) is 0 Å². The summed E-state index contributed by atoms with van der Waals surface area (Å²) in [4.78, 5) is 19.5. The molecule has 0 aliphatic carbocycles. The molecule has 0 aromatic carbocycles. The first-order valence-corrected chi connectivity index (χ1v) is 7.36. The zero-order chi connectivity index (χ0) is 14.4. The third-order valence-corrected chi connectivity index (χ3v) is 4.80. The fraction of sp³-hybridized carbons (Fsp3) is 0.533. The first kappa shape index (κ1) is 12.9. The lowest BCUT2D eigenvalue weighted by Crippen LogP contribution is -2.55. The number of fused-ring (bicyclic) bond motifs is 3. The van der Waals surface area contributed by atoms with Gasteiger partial charge in [-0.1, -0.05) is 0 Å². The maximum Gasteiger partial charge on any atom is 0.171 e. The van der Waals surface area contributed by atoms with Crippen LogP contribution in [0.1, 0.15) is 23.2 Å². The summed E-state index contributed by atoms with van der Waals surface area (Å²) in [7, 11) is 2.13. The second kappa shape index (κ2) is 4.89. The fourth-order valence-electron chi connectivity index (χ4n) is 3.53. The molecular weight excluding hydrogens is 268 g/mol. The smallest absolute Gasteiger partial charge is 0.171 e. The average molecular weight is 286 g/mol. The monoisotopic (exact) mass is 286 g/mol. The van der Waals surface area contributed by atoms with E-state index in [1.807, 2.05) is 12.3 Å². The van der Waals surface area contributed by atoms with Crippen molar-refractivity contribution in [1.82, 2.24) is 19.5 Å². The molecule has 0 spiro atoms. The first-order chi connectivity index (χ1) is 10.2. The Balaban J connectivity index is 1.63. The molecule has 2 fully saturated rings. The van der Waals surface area contributed by atoms with Crippen LogP contribution in [0.4, 0.5) is 0 Å². The number of morpholine rings is 1. The molecule has 2 aliphatic rings. The summed E-state index contributed by atoms with van der Waals surface area (Å²) in [5.41, 5.74) is 1.30. The molecule has 0 saturated carbocycles. The number of likely N-dealkylation sites (N-methyl/N-ethyl adjacent to an activating group) is 1. The van der Waals surface area contributed by atoms with Crippen molar-refractivity contribution in [2.24, 2.45) is 5.92 Å². The molecule has 2 aromatic heterocycles. The second-order valence-corrected chi connectivity index (χ2v) is 5.99. The molecule has 2 atom stereocenters. The van der Waals surface area contributed by atoms with Gasteiger partial charge in [0.25, 0.3) is 0 Å². The Labute approximate surface area is 122 Å². The summed E-state index contributed by atoms with van der Waals surface area (Å²) in [6.45, 7) is 1.45. The SMILES string of the molecule is CN1C2COCC1CC(C(=O)c1cnn3cccnc13)C2. The van der Waals surface area contributed by atoms with E-state index in [9.17, 15) is 4.79 Å². The summed E-state index contributed by atoms with van der Waals surface area (Å²) in [5, 5.41) is 4.22. The Morgan fingerprint density at radius 1 is 1.33 bits per heavy atom. The van der Waals surface area contributed by atoms with Crippen molar-refractivity contribution in [1.29, 1.82) is 0 Å². The van der Waals surface area contributed by atoms with E-state index in [0.29, 0.717) is 23.3 Å². The zero-order valence-corrected chi connectivity index (χ0v) is 12.0. The summed E-state index contributed by atoms with van der Waals surface area (Å²) in [6.07, 6.45) is 6.88. The van der Waals surface area contributed by atoms with Crippen LogP contribution in [0, 0.1) is 5.92 Å². The highest BCUT2D eigenvalue weighted by Gasteiger charge is 2.40. The Bertz CT molecular complexity index is 669. The van der Waals surface area contributed by atoms with Crippen LogP contribution in [-0.4, -0.2) is 57.6 Å². The Kier molecular flexibility index (Phi) is 3.01. The van der Waals surface area contributed by atoms with Gasteiger partial charge in [-0.2, -0.15) is 5.10 Å². The minimum Gasteiger partial charge on any atom is -0.378 e. The predicted octanol–water partition coefficient (Wildman–Crippen LogP) is 1.02. The molecule has 2 unspecified atom stereocenters. The summed E-state index contributed by atoms with van der Waals surface area (Å²) >= 11 is 0. The molecule has 0 amide bonds. The van der Waals surface area contributed by atoms with Crippen molar-refractivity contribution < 1.29 is 9.53 Å². The Hall–Kier alpha value is -1.79.